The number of methoxy groups -OCH3 is 2. The van der Waals surface area contributed by atoms with Crippen molar-refractivity contribution < 1.29 is 32.6 Å². The number of carbonyl (C=O) groups excluding carboxylic acids is 3. The molecule has 0 saturated carbocycles. The third-order valence-electron chi connectivity index (χ3n) is 6.04. The van der Waals surface area contributed by atoms with Gasteiger partial charge < -0.3 is 14.4 Å². The average molecular weight is 494 g/mol. The molecule has 1 unspecified atom stereocenters. The van der Waals surface area contributed by atoms with E-state index in [4.69, 9.17) is 9.47 Å². The van der Waals surface area contributed by atoms with E-state index in [1.54, 1.807) is 18.2 Å². The molecule has 0 spiro atoms. The van der Waals surface area contributed by atoms with E-state index in [1.165, 1.54) is 49.5 Å². The van der Waals surface area contributed by atoms with Crippen LogP contribution >= 0.6 is 0 Å². The van der Waals surface area contributed by atoms with Crippen molar-refractivity contribution in [2.45, 2.75) is 18.9 Å². The predicted molar refractivity (Wildman–Crippen MR) is 128 cm³/mol. The molecule has 0 aromatic heterocycles. The smallest absolute Gasteiger partial charge is 0.257 e. The number of halogens is 2. The number of imide groups is 1. The Hall–Kier alpha value is -4.27. The molecule has 0 N–H and O–H groups in total. The molecule has 1 fully saturated rings. The van der Waals surface area contributed by atoms with Gasteiger partial charge in [-0.15, -0.1) is 0 Å². The van der Waals surface area contributed by atoms with Gasteiger partial charge in [0.15, 0.2) is 11.5 Å². The highest BCUT2D eigenvalue weighted by atomic mass is 19.1. The van der Waals surface area contributed by atoms with Crippen molar-refractivity contribution in [1.29, 1.82) is 0 Å². The van der Waals surface area contributed by atoms with E-state index >= 15 is 0 Å². The molecule has 0 bridgehead atoms. The Morgan fingerprint density at radius 1 is 0.972 bits per heavy atom. The van der Waals surface area contributed by atoms with Crippen molar-refractivity contribution in [3.63, 3.8) is 0 Å². The van der Waals surface area contributed by atoms with Crippen LogP contribution in [0.1, 0.15) is 22.3 Å². The number of hydrogen-bond donors (Lipinski definition) is 0. The van der Waals surface area contributed by atoms with Crippen LogP contribution in [0.5, 0.6) is 11.5 Å². The Morgan fingerprint density at radius 2 is 1.67 bits per heavy atom. The van der Waals surface area contributed by atoms with Crippen molar-refractivity contribution in [3.8, 4) is 11.5 Å². The van der Waals surface area contributed by atoms with Crippen molar-refractivity contribution >= 4 is 23.4 Å². The first kappa shape index (κ1) is 24.8. The summed E-state index contributed by atoms with van der Waals surface area (Å²) in [5, 5.41) is 0. The quantitative estimate of drug-likeness (QED) is 0.443. The van der Waals surface area contributed by atoms with Gasteiger partial charge in [-0.05, 0) is 60.5 Å². The van der Waals surface area contributed by atoms with E-state index in [9.17, 15) is 23.2 Å². The summed E-state index contributed by atoms with van der Waals surface area (Å²) in [5.41, 5.74) is 0.781. The lowest BCUT2D eigenvalue weighted by atomic mass is 10.1. The maximum absolute atomic E-state index is 14.5. The Morgan fingerprint density at radius 3 is 2.33 bits per heavy atom. The summed E-state index contributed by atoms with van der Waals surface area (Å²) in [6, 6.07) is 14.5. The molecule has 1 heterocycles. The molecule has 3 amide bonds. The molecular formula is C27H24F2N2O5. The zero-order valence-electron chi connectivity index (χ0n) is 19.7. The fourth-order valence-corrected chi connectivity index (χ4v) is 4.19. The predicted octanol–water partition coefficient (Wildman–Crippen LogP) is 4.00. The Labute approximate surface area is 206 Å². The maximum Gasteiger partial charge on any atom is 0.257 e. The van der Waals surface area contributed by atoms with Crippen molar-refractivity contribution in [3.05, 3.63) is 89.5 Å². The number of amides is 3. The molecule has 0 radical (unpaired) electrons. The molecule has 9 heteroatoms. The second-order valence-corrected chi connectivity index (χ2v) is 8.18. The summed E-state index contributed by atoms with van der Waals surface area (Å²) in [5.74, 6) is -2.09. The largest absolute Gasteiger partial charge is 0.493 e. The summed E-state index contributed by atoms with van der Waals surface area (Å²) < 4.78 is 38.5. The first-order chi connectivity index (χ1) is 17.3. The molecule has 1 atom stereocenters. The number of nitrogens with zero attached hydrogens (tertiary/aromatic N) is 2. The fourth-order valence-electron chi connectivity index (χ4n) is 4.19. The van der Waals surface area contributed by atoms with E-state index in [0.717, 1.165) is 28.7 Å². The number of ether oxygens (including phenoxy) is 2. The highest BCUT2D eigenvalue weighted by Crippen LogP contribution is 2.30. The minimum atomic E-state index is -1.14. The summed E-state index contributed by atoms with van der Waals surface area (Å²) in [6.07, 6.45) is 0.0252. The van der Waals surface area contributed by atoms with Crippen LogP contribution in [0.4, 0.5) is 14.5 Å². The second-order valence-electron chi connectivity index (χ2n) is 8.18. The highest BCUT2D eigenvalue weighted by molar-refractivity contribution is 6.23. The molecule has 3 aromatic rings. The van der Waals surface area contributed by atoms with Gasteiger partial charge in [-0.1, -0.05) is 18.2 Å². The zero-order valence-corrected chi connectivity index (χ0v) is 19.7. The van der Waals surface area contributed by atoms with Crippen molar-refractivity contribution in [1.82, 2.24) is 4.90 Å². The highest BCUT2D eigenvalue weighted by Gasteiger charge is 2.44. The fraction of sp³-hybridized carbons (Fsp3) is 0.222. The van der Waals surface area contributed by atoms with Gasteiger partial charge in [0, 0.05) is 6.54 Å². The van der Waals surface area contributed by atoms with Crippen molar-refractivity contribution in [2.75, 3.05) is 25.7 Å². The van der Waals surface area contributed by atoms with E-state index in [1.807, 2.05) is 0 Å². The first-order valence-electron chi connectivity index (χ1n) is 11.2. The van der Waals surface area contributed by atoms with Crippen LogP contribution in [0, 0.1) is 11.6 Å². The average Bonchev–Trinajstić information content (AvgIpc) is 3.18. The van der Waals surface area contributed by atoms with Gasteiger partial charge in [-0.2, -0.15) is 0 Å². The minimum Gasteiger partial charge on any atom is -0.493 e. The molecule has 1 saturated heterocycles. The molecule has 7 nitrogen and oxygen atoms in total. The van der Waals surface area contributed by atoms with E-state index in [-0.39, 0.29) is 24.2 Å². The van der Waals surface area contributed by atoms with Crippen LogP contribution < -0.4 is 14.4 Å². The molecule has 3 aromatic carbocycles. The number of anilines is 1. The van der Waals surface area contributed by atoms with Gasteiger partial charge in [0.1, 0.15) is 17.7 Å². The van der Waals surface area contributed by atoms with Crippen LogP contribution in [0.25, 0.3) is 0 Å². The molecular weight excluding hydrogens is 470 g/mol. The molecule has 1 aliphatic rings. The van der Waals surface area contributed by atoms with E-state index in [2.05, 4.69) is 0 Å². The first-order valence-corrected chi connectivity index (χ1v) is 11.2. The van der Waals surface area contributed by atoms with Crippen LogP contribution in [0.2, 0.25) is 0 Å². The van der Waals surface area contributed by atoms with E-state index in [0.29, 0.717) is 17.9 Å². The Bertz CT molecular complexity index is 1300. The normalized spacial score (nSPS) is 15.2. The van der Waals surface area contributed by atoms with Gasteiger partial charge in [0.2, 0.25) is 5.91 Å². The van der Waals surface area contributed by atoms with Gasteiger partial charge in [0.25, 0.3) is 11.8 Å². The van der Waals surface area contributed by atoms with Crippen molar-refractivity contribution in [2.24, 2.45) is 0 Å². The maximum atomic E-state index is 14.5. The molecule has 186 valence electrons. The summed E-state index contributed by atoms with van der Waals surface area (Å²) in [7, 11) is 3.02. The SMILES string of the molecule is COc1ccc(CCN(C(=O)c2ccccc2F)C2CC(=O)N(c3ccc(F)cc3)C2=O)cc1OC. The lowest BCUT2D eigenvalue weighted by Gasteiger charge is -2.28. The summed E-state index contributed by atoms with van der Waals surface area (Å²) in [6.45, 7) is 0.0313. The van der Waals surface area contributed by atoms with Crippen LogP contribution in [0.15, 0.2) is 66.7 Å². The third-order valence-corrected chi connectivity index (χ3v) is 6.04. The Kier molecular flexibility index (Phi) is 7.28. The minimum absolute atomic E-state index is 0.0313. The van der Waals surface area contributed by atoms with Gasteiger partial charge in [0.05, 0.1) is 31.9 Å². The Balaban J connectivity index is 1.65. The van der Waals surface area contributed by atoms with Gasteiger partial charge >= 0.3 is 0 Å². The summed E-state index contributed by atoms with van der Waals surface area (Å²) >= 11 is 0. The number of rotatable bonds is 8. The number of benzene rings is 3. The van der Waals surface area contributed by atoms with Gasteiger partial charge in [-0.3, -0.25) is 14.4 Å². The molecule has 36 heavy (non-hydrogen) atoms. The third kappa shape index (κ3) is 4.91. The number of hydrogen-bond acceptors (Lipinski definition) is 5. The molecule has 0 aliphatic carbocycles. The van der Waals surface area contributed by atoms with Crippen LogP contribution in [-0.4, -0.2) is 49.4 Å². The zero-order chi connectivity index (χ0) is 25.8. The standard InChI is InChI=1S/C27H24F2N2O5/c1-35-23-12-7-17(15-24(23)36-2)13-14-30(26(33)20-5-3-4-6-21(20)29)22-16-25(32)31(27(22)34)19-10-8-18(28)9-11-19/h3-12,15,22H,13-14,16H2,1-2H3. The number of carbonyl (C=O) groups is 3. The lowest BCUT2D eigenvalue weighted by Crippen LogP contribution is -2.46. The monoisotopic (exact) mass is 494 g/mol. The molecule has 1 aliphatic heterocycles. The van der Waals surface area contributed by atoms with Crippen LogP contribution in [-0.2, 0) is 16.0 Å². The van der Waals surface area contributed by atoms with Gasteiger partial charge in [-0.25, -0.2) is 13.7 Å². The summed E-state index contributed by atoms with van der Waals surface area (Å²) in [4.78, 5) is 41.8. The lowest BCUT2D eigenvalue weighted by molar-refractivity contribution is -0.122. The molecule has 4 rings (SSSR count). The van der Waals surface area contributed by atoms with E-state index < -0.39 is 35.4 Å². The van der Waals surface area contributed by atoms with Crippen LogP contribution in [0.3, 0.4) is 0 Å². The topological polar surface area (TPSA) is 76.2 Å². The second kappa shape index (κ2) is 10.6.